The second-order valence-corrected chi connectivity index (χ2v) is 9.20. The van der Waals surface area contributed by atoms with Crippen LogP contribution < -0.4 is 20.3 Å². The lowest BCUT2D eigenvalue weighted by Crippen LogP contribution is -2.45. The predicted octanol–water partition coefficient (Wildman–Crippen LogP) is 4.16. The number of hydrogen-bond acceptors (Lipinski definition) is 6. The summed E-state index contributed by atoms with van der Waals surface area (Å²) in [5.41, 5.74) is 1.11. The van der Waals surface area contributed by atoms with Crippen LogP contribution in [0.2, 0.25) is 5.02 Å². The average molecular weight is 476 g/mol. The van der Waals surface area contributed by atoms with Gasteiger partial charge in [-0.15, -0.1) is 0 Å². The van der Waals surface area contributed by atoms with Crippen molar-refractivity contribution in [3.63, 3.8) is 0 Å². The van der Waals surface area contributed by atoms with Gasteiger partial charge in [-0.1, -0.05) is 23.7 Å². The third-order valence-electron chi connectivity index (χ3n) is 6.28. The normalized spacial score (nSPS) is 18.1. The number of aromatic nitrogens is 2. The first-order chi connectivity index (χ1) is 15.6. The number of thiocarbonyl (C=S) groups is 1. The molecule has 4 rings (SSSR count). The third kappa shape index (κ3) is 5.60. The summed E-state index contributed by atoms with van der Waals surface area (Å²) in [6.45, 7) is 4.09. The van der Waals surface area contributed by atoms with E-state index in [1.54, 1.807) is 7.11 Å². The molecule has 172 valence electrons. The van der Waals surface area contributed by atoms with Crippen LogP contribution in [-0.4, -0.2) is 55.0 Å². The van der Waals surface area contributed by atoms with E-state index >= 15 is 0 Å². The van der Waals surface area contributed by atoms with Crippen LogP contribution in [0.5, 0.6) is 5.88 Å². The van der Waals surface area contributed by atoms with Gasteiger partial charge >= 0.3 is 0 Å². The Labute approximate surface area is 199 Å². The second-order valence-electron chi connectivity index (χ2n) is 8.35. The molecular formula is C23H30ClN5O2S. The summed E-state index contributed by atoms with van der Waals surface area (Å²) in [5, 5.41) is 7.76. The fourth-order valence-electron chi connectivity index (χ4n) is 4.40. The van der Waals surface area contributed by atoms with Gasteiger partial charge in [0.05, 0.1) is 7.11 Å². The molecule has 0 amide bonds. The fraction of sp³-hybridized carbons (Fsp3) is 0.522. The van der Waals surface area contributed by atoms with Gasteiger partial charge in [0.15, 0.2) is 5.11 Å². The van der Waals surface area contributed by atoms with Crippen LogP contribution in [0.1, 0.15) is 37.7 Å². The Bertz CT molecular complexity index is 932. The highest BCUT2D eigenvalue weighted by Crippen LogP contribution is 2.35. The van der Waals surface area contributed by atoms with Crippen molar-refractivity contribution in [3.8, 4) is 5.88 Å². The van der Waals surface area contributed by atoms with Gasteiger partial charge in [-0.2, -0.15) is 9.97 Å². The van der Waals surface area contributed by atoms with Gasteiger partial charge in [0.25, 0.3) is 0 Å². The third-order valence-corrected chi connectivity index (χ3v) is 6.76. The number of nitrogens with one attached hydrogen (secondary N) is 2. The van der Waals surface area contributed by atoms with E-state index in [1.165, 1.54) is 24.8 Å². The van der Waals surface area contributed by atoms with E-state index in [0.717, 1.165) is 36.8 Å². The van der Waals surface area contributed by atoms with Crippen molar-refractivity contribution in [2.75, 3.05) is 50.2 Å². The average Bonchev–Trinajstić information content (AvgIpc) is 2.83. The number of methoxy groups -OCH3 is 1. The highest BCUT2D eigenvalue weighted by molar-refractivity contribution is 7.80. The zero-order chi connectivity index (χ0) is 22.4. The van der Waals surface area contributed by atoms with Crippen LogP contribution in [0.25, 0.3) is 0 Å². The van der Waals surface area contributed by atoms with Crippen molar-refractivity contribution in [1.29, 1.82) is 0 Å². The maximum absolute atomic E-state index is 6.28. The van der Waals surface area contributed by atoms with Crippen LogP contribution in [-0.2, 0) is 10.2 Å². The summed E-state index contributed by atoms with van der Waals surface area (Å²) in [5.74, 6) is 1.82. The summed E-state index contributed by atoms with van der Waals surface area (Å²) < 4.78 is 11.0. The lowest BCUT2D eigenvalue weighted by atomic mass is 9.74. The van der Waals surface area contributed by atoms with E-state index < -0.39 is 0 Å². The molecule has 2 saturated heterocycles. The molecule has 0 unspecified atom stereocenters. The number of piperidine rings is 1. The number of ether oxygens (including phenoxy) is 2. The molecule has 0 radical (unpaired) electrons. The van der Waals surface area contributed by atoms with E-state index in [2.05, 4.69) is 31.6 Å². The summed E-state index contributed by atoms with van der Waals surface area (Å²) in [6.07, 6.45) is 5.40. The highest BCUT2D eigenvalue weighted by atomic mass is 35.5. The molecule has 2 aliphatic heterocycles. The maximum Gasteiger partial charge on any atom is 0.234 e. The lowest BCUT2D eigenvalue weighted by molar-refractivity contribution is 0.0515. The van der Waals surface area contributed by atoms with Gasteiger partial charge in [0.1, 0.15) is 5.82 Å². The van der Waals surface area contributed by atoms with Gasteiger partial charge < -0.3 is 25.0 Å². The minimum absolute atomic E-state index is 0.0942. The molecule has 9 heteroatoms. The lowest BCUT2D eigenvalue weighted by Gasteiger charge is -2.38. The summed E-state index contributed by atoms with van der Waals surface area (Å²) in [6, 6.07) is 9.95. The van der Waals surface area contributed by atoms with Crippen LogP contribution >= 0.6 is 23.8 Å². The number of halogens is 1. The van der Waals surface area contributed by atoms with Crippen molar-refractivity contribution in [1.82, 2.24) is 15.3 Å². The monoisotopic (exact) mass is 475 g/mol. The predicted molar refractivity (Wildman–Crippen MR) is 132 cm³/mol. The number of rotatable bonds is 6. The molecule has 7 nitrogen and oxygen atoms in total. The van der Waals surface area contributed by atoms with Crippen molar-refractivity contribution in [3.05, 3.63) is 40.9 Å². The first kappa shape index (κ1) is 23.0. The molecule has 0 spiro atoms. The standard InChI is InChI=1S/C23H30ClN5O2S/c1-30-20-15-19(29-10-3-2-4-11-29)26-21(27-20)28-22(32)25-16-23(8-12-31-13-9-23)17-6-5-7-18(24)14-17/h5-7,14-15H,2-4,8-13,16H2,1H3,(H2,25,26,27,28,32). The van der Waals surface area contributed by atoms with Crippen LogP contribution in [0, 0.1) is 0 Å². The van der Waals surface area contributed by atoms with Crippen molar-refractivity contribution < 1.29 is 9.47 Å². The molecular weight excluding hydrogens is 446 g/mol. The Morgan fingerprint density at radius 3 is 2.69 bits per heavy atom. The largest absolute Gasteiger partial charge is 0.481 e. The number of hydrogen-bond donors (Lipinski definition) is 2. The van der Waals surface area contributed by atoms with E-state index in [4.69, 9.17) is 33.3 Å². The molecule has 2 fully saturated rings. The Balaban J connectivity index is 1.45. The SMILES string of the molecule is COc1cc(N2CCCCC2)nc(NC(=S)NCC2(c3cccc(Cl)c3)CCOCC2)n1. The smallest absolute Gasteiger partial charge is 0.234 e. The van der Waals surface area contributed by atoms with Crippen LogP contribution in [0.4, 0.5) is 11.8 Å². The molecule has 0 saturated carbocycles. The fourth-order valence-corrected chi connectivity index (χ4v) is 4.76. The van der Waals surface area contributed by atoms with E-state index in [0.29, 0.717) is 36.7 Å². The zero-order valence-electron chi connectivity index (χ0n) is 18.4. The molecule has 1 aromatic heterocycles. The molecule has 32 heavy (non-hydrogen) atoms. The highest BCUT2D eigenvalue weighted by Gasteiger charge is 2.34. The Morgan fingerprint density at radius 1 is 1.19 bits per heavy atom. The quantitative estimate of drug-likeness (QED) is 0.603. The molecule has 3 heterocycles. The first-order valence-electron chi connectivity index (χ1n) is 11.1. The van der Waals surface area contributed by atoms with E-state index in [-0.39, 0.29) is 5.41 Å². The van der Waals surface area contributed by atoms with Crippen LogP contribution in [0.15, 0.2) is 30.3 Å². The summed E-state index contributed by atoms with van der Waals surface area (Å²) in [7, 11) is 1.61. The van der Waals surface area contributed by atoms with Gasteiger partial charge in [0.2, 0.25) is 11.8 Å². The molecule has 2 aromatic rings. The second kappa shape index (κ2) is 10.6. The number of anilines is 2. The minimum atomic E-state index is -0.0942. The Hall–Kier alpha value is -2.16. The maximum atomic E-state index is 6.28. The first-order valence-corrected chi connectivity index (χ1v) is 11.9. The van der Waals surface area contributed by atoms with Crippen molar-refractivity contribution in [2.45, 2.75) is 37.5 Å². The molecule has 2 aliphatic rings. The van der Waals surface area contributed by atoms with E-state index in [9.17, 15) is 0 Å². The number of nitrogens with zero attached hydrogens (tertiary/aromatic N) is 3. The minimum Gasteiger partial charge on any atom is -0.481 e. The topological polar surface area (TPSA) is 71.5 Å². The van der Waals surface area contributed by atoms with Crippen LogP contribution in [0.3, 0.4) is 0 Å². The molecule has 2 N–H and O–H groups in total. The molecule has 0 aliphatic carbocycles. The summed E-state index contributed by atoms with van der Waals surface area (Å²) in [4.78, 5) is 11.4. The van der Waals surface area contributed by atoms with Crippen molar-refractivity contribution in [2.24, 2.45) is 0 Å². The van der Waals surface area contributed by atoms with Gasteiger partial charge in [-0.05, 0) is 62.0 Å². The van der Waals surface area contributed by atoms with Gasteiger partial charge in [0, 0.05) is 49.4 Å². The van der Waals surface area contributed by atoms with Gasteiger partial charge in [-0.3, -0.25) is 0 Å². The molecule has 0 bridgehead atoms. The molecule has 1 aromatic carbocycles. The summed E-state index contributed by atoms with van der Waals surface area (Å²) >= 11 is 11.9. The Morgan fingerprint density at radius 2 is 1.97 bits per heavy atom. The van der Waals surface area contributed by atoms with E-state index in [1.807, 2.05) is 24.3 Å². The Kier molecular flexibility index (Phi) is 7.65. The molecule has 0 atom stereocenters. The van der Waals surface area contributed by atoms with Gasteiger partial charge in [-0.25, -0.2) is 0 Å². The van der Waals surface area contributed by atoms with Crippen molar-refractivity contribution >= 4 is 40.7 Å². The zero-order valence-corrected chi connectivity index (χ0v) is 20.0. The number of benzene rings is 1.